The van der Waals surface area contributed by atoms with Crippen LogP contribution in [0.5, 0.6) is 0 Å². The summed E-state index contributed by atoms with van der Waals surface area (Å²) in [4.78, 5) is 45.8. The molecule has 12 fully saturated rings. The number of carbonyl (C=O) groups is 2. The SMILES string of the molecule is O=C1N(C23CC4CC(C2)C(O)C(C4)C3)CC[C@@]12CCCN(c1ccc(Cl)cn1)C2.O=C1N(C23CC4CC(C2)C(O)C(C4)C3)CC[C@@]12CCCN(c1ccc(Cl)nc1)C2. The molecule has 4 saturated heterocycles. The van der Waals surface area contributed by atoms with Crippen molar-refractivity contribution in [1.29, 1.82) is 0 Å². The molecule has 6 atom stereocenters. The Morgan fingerprint density at radius 1 is 0.586 bits per heavy atom. The van der Waals surface area contributed by atoms with Gasteiger partial charge >= 0.3 is 0 Å². The number of hydrogen-bond acceptors (Lipinski definition) is 8. The van der Waals surface area contributed by atoms with E-state index in [1.54, 1.807) is 6.20 Å². The van der Waals surface area contributed by atoms with Crippen molar-refractivity contribution in [2.75, 3.05) is 49.1 Å². The first-order valence-electron chi connectivity index (χ1n) is 22.7. The van der Waals surface area contributed by atoms with Crippen molar-refractivity contribution in [1.82, 2.24) is 19.8 Å². The van der Waals surface area contributed by atoms with Gasteiger partial charge in [-0.15, -0.1) is 0 Å². The van der Waals surface area contributed by atoms with E-state index in [0.29, 0.717) is 57.5 Å². The second kappa shape index (κ2) is 13.9. The van der Waals surface area contributed by atoms with Crippen LogP contribution in [-0.2, 0) is 9.59 Å². The number of aromatic nitrogens is 2. The Hall–Kier alpha value is -2.66. The van der Waals surface area contributed by atoms with Crippen molar-refractivity contribution in [3.8, 4) is 0 Å². The highest BCUT2D eigenvalue weighted by atomic mass is 35.5. The van der Waals surface area contributed by atoms with E-state index in [1.165, 1.54) is 32.1 Å². The lowest BCUT2D eigenvalue weighted by Crippen LogP contribution is -2.65. The van der Waals surface area contributed by atoms with E-state index in [0.717, 1.165) is 121 Å². The maximum Gasteiger partial charge on any atom is 0.231 e. The number of anilines is 2. The summed E-state index contributed by atoms with van der Waals surface area (Å²) in [6.45, 7) is 5.28. The lowest BCUT2D eigenvalue weighted by molar-refractivity contribution is -0.168. The molecule has 12 aliphatic rings. The zero-order chi connectivity index (χ0) is 39.6. The molecule has 14 rings (SSSR count). The Morgan fingerprint density at radius 3 is 1.59 bits per heavy atom. The monoisotopic (exact) mass is 830 g/mol. The van der Waals surface area contributed by atoms with Gasteiger partial charge in [0.15, 0.2) is 0 Å². The first kappa shape index (κ1) is 38.3. The van der Waals surface area contributed by atoms with Gasteiger partial charge in [0.25, 0.3) is 0 Å². The Labute approximate surface area is 353 Å². The third kappa shape index (κ3) is 6.06. The summed E-state index contributed by atoms with van der Waals surface area (Å²) in [5, 5.41) is 22.4. The summed E-state index contributed by atoms with van der Waals surface area (Å²) in [7, 11) is 0. The quantitative estimate of drug-likeness (QED) is 0.318. The minimum Gasteiger partial charge on any atom is -0.393 e. The van der Waals surface area contributed by atoms with Gasteiger partial charge < -0.3 is 29.8 Å². The zero-order valence-electron chi connectivity index (χ0n) is 33.8. The van der Waals surface area contributed by atoms with E-state index in [9.17, 15) is 19.8 Å². The fourth-order valence-electron chi connectivity index (χ4n) is 15.7. The first-order chi connectivity index (χ1) is 28.0. The van der Waals surface area contributed by atoms with Gasteiger partial charge in [0.1, 0.15) is 11.0 Å². The average molecular weight is 832 g/mol. The molecule has 4 aliphatic heterocycles. The van der Waals surface area contributed by atoms with E-state index in [1.807, 2.05) is 30.5 Å². The predicted octanol–water partition coefficient (Wildman–Crippen LogP) is 6.99. The van der Waals surface area contributed by atoms with Crippen LogP contribution in [0.15, 0.2) is 36.7 Å². The second-order valence-corrected chi connectivity index (χ2v) is 21.9. The van der Waals surface area contributed by atoms with Crippen LogP contribution in [0.2, 0.25) is 10.2 Å². The topological polar surface area (TPSA) is 113 Å². The average Bonchev–Trinajstić information content (AvgIpc) is 3.70. The molecule has 10 nitrogen and oxygen atoms in total. The van der Waals surface area contributed by atoms with E-state index >= 15 is 0 Å². The smallest absolute Gasteiger partial charge is 0.231 e. The van der Waals surface area contributed by atoms with Crippen LogP contribution in [0, 0.1) is 46.3 Å². The first-order valence-corrected chi connectivity index (χ1v) is 23.5. The number of piperidine rings is 2. The fourth-order valence-corrected chi connectivity index (χ4v) is 15.9. The van der Waals surface area contributed by atoms with Crippen LogP contribution in [0.4, 0.5) is 11.5 Å². The molecular formula is C46H60Cl2N6O4. The maximum absolute atomic E-state index is 13.9. The van der Waals surface area contributed by atoms with Crippen LogP contribution in [0.3, 0.4) is 0 Å². The number of carbonyl (C=O) groups excluding carboxylic acids is 2. The molecule has 2 amide bonds. The summed E-state index contributed by atoms with van der Waals surface area (Å²) < 4.78 is 0. The number of pyridine rings is 2. The Kier molecular flexibility index (Phi) is 9.19. The standard InChI is InChI=1S/2C23H30ClN3O2/c24-19-3-2-18(13-25-19)26-6-1-4-22(14-26)5-7-27(21(22)29)23-10-15-8-16(11-23)20(28)17(9-15)12-23;24-18-2-3-19(25-13-18)26-6-1-4-22(14-26)5-7-27(21(22)29)23-10-15-8-16(11-23)20(28)17(9-15)12-23/h2*2-3,13,15-17,20,28H,1,4-12,14H2/t2*15?,16?,17?,20?,22-,23?/m11/s1. The molecule has 2 spiro atoms. The van der Waals surface area contributed by atoms with Crippen LogP contribution in [-0.4, -0.2) is 104 Å². The Balaban J connectivity index is 0.000000133. The number of aliphatic hydroxyl groups is 2. The molecule has 4 unspecified atom stereocenters. The number of likely N-dealkylation sites (tertiary alicyclic amines) is 2. The summed E-state index contributed by atoms with van der Waals surface area (Å²) in [5.74, 6) is 4.76. The third-order valence-corrected chi connectivity index (χ3v) is 18.3. The van der Waals surface area contributed by atoms with Gasteiger partial charge in [0.05, 0.1) is 39.9 Å². The number of amides is 2. The molecule has 2 N–H and O–H groups in total. The molecule has 8 saturated carbocycles. The Morgan fingerprint density at radius 2 is 1.10 bits per heavy atom. The van der Waals surface area contributed by atoms with Gasteiger partial charge in [-0.05, 0) is 163 Å². The van der Waals surface area contributed by atoms with Crippen LogP contribution in [0.1, 0.15) is 103 Å². The minimum absolute atomic E-state index is 0.0249. The van der Waals surface area contributed by atoms with Gasteiger partial charge in [-0.3, -0.25) is 9.59 Å². The minimum atomic E-state index is -0.262. The highest BCUT2D eigenvalue weighted by Crippen LogP contribution is 2.61. The maximum atomic E-state index is 13.9. The fraction of sp³-hybridized carbons (Fsp3) is 0.739. The number of rotatable bonds is 4. The normalized spacial score (nSPS) is 43.6. The highest BCUT2D eigenvalue weighted by Gasteiger charge is 2.63. The predicted molar refractivity (Wildman–Crippen MR) is 223 cm³/mol. The summed E-state index contributed by atoms with van der Waals surface area (Å²) in [5.41, 5.74) is 0.608. The molecule has 312 valence electrons. The molecule has 58 heavy (non-hydrogen) atoms. The zero-order valence-corrected chi connectivity index (χ0v) is 35.3. The highest BCUT2D eigenvalue weighted by molar-refractivity contribution is 6.30. The number of halogens is 2. The van der Waals surface area contributed by atoms with E-state index in [4.69, 9.17) is 23.2 Å². The lowest BCUT2D eigenvalue weighted by Gasteiger charge is -2.61. The second-order valence-electron chi connectivity index (χ2n) is 21.1. The van der Waals surface area contributed by atoms with Crippen LogP contribution >= 0.6 is 23.2 Å². The molecule has 8 aliphatic carbocycles. The van der Waals surface area contributed by atoms with Crippen molar-refractivity contribution in [2.24, 2.45) is 46.3 Å². The molecule has 6 heterocycles. The van der Waals surface area contributed by atoms with Crippen molar-refractivity contribution in [2.45, 2.75) is 126 Å². The molecule has 0 radical (unpaired) electrons. The number of aliphatic hydroxyl groups excluding tert-OH is 2. The van der Waals surface area contributed by atoms with E-state index in [2.05, 4.69) is 29.6 Å². The number of hydrogen-bond donors (Lipinski definition) is 2. The molecule has 12 heteroatoms. The summed E-state index contributed by atoms with van der Waals surface area (Å²) in [6, 6.07) is 7.71. The lowest BCUT2D eigenvalue weighted by atomic mass is 9.51. The Bertz CT molecular complexity index is 1770. The van der Waals surface area contributed by atoms with Gasteiger partial charge in [0, 0.05) is 56.5 Å². The van der Waals surface area contributed by atoms with Gasteiger partial charge in [-0.2, -0.15) is 0 Å². The third-order valence-electron chi connectivity index (χ3n) is 17.8. The largest absolute Gasteiger partial charge is 0.393 e. The van der Waals surface area contributed by atoms with Gasteiger partial charge in [0.2, 0.25) is 11.8 Å². The van der Waals surface area contributed by atoms with Gasteiger partial charge in [-0.25, -0.2) is 9.97 Å². The van der Waals surface area contributed by atoms with E-state index in [-0.39, 0.29) is 34.1 Å². The van der Waals surface area contributed by atoms with Crippen LogP contribution in [0.25, 0.3) is 0 Å². The van der Waals surface area contributed by atoms with Crippen molar-refractivity contribution < 1.29 is 19.8 Å². The number of nitrogens with zero attached hydrogens (tertiary/aromatic N) is 6. The molecular weight excluding hydrogens is 771 g/mol. The van der Waals surface area contributed by atoms with Crippen molar-refractivity contribution in [3.63, 3.8) is 0 Å². The summed E-state index contributed by atoms with van der Waals surface area (Å²) >= 11 is 12.0. The summed E-state index contributed by atoms with van der Waals surface area (Å²) in [6.07, 6.45) is 20.3. The molecule has 2 aromatic heterocycles. The van der Waals surface area contributed by atoms with Crippen molar-refractivity contribution >= 4 is 46.5 Å². The van der Waals surface area contributed by atoms with Crippen LogP contribution < -0.4 is 9.80 Å². The van der Waals surface area contributed by atoms with Crippen molar-refractivity contribution in [3.05, 3.63) is 46.8 Å². The molecule has 8 bridgehead atoms. The molecule has 2 aromatic rings. The van der Waals surface area contributed by atoms with Gasteiger partial charge in [-0.1, -0.05) is 23.2 Å². The van der Waals surface area contributed by atoms with E-state index < -0.39 is 0 Å². The molecule has 0 aromatic carbocycles.